The Morgan fingerprint density at radius 3 is 2.67 bits per heavy atom. The highest BCUT2D eigenvalue weighted by atomic mass is 16.5. The van der Waals surface area contributed by atoms with Crippen LogP contribution in [-0.4, -0.2) is 30.1 Å². The highest BCUT2D eigenvalue weighted by Crippen LogP contribution is 2.23. The standard InChI is InChI=1S/C12H16N2O4/c1-7(13)5-11(15)14-8-3-4-9(12(16)17)10(6-8)18-2/h3-4,6-7H,5,13H2,1-2H3,(H,14,15)(H,16,17). The Bertz CT molecular complexity index is 457. The van der Waals surface area contributed by atoms with Gasteiger partial charge in [0.2, 0.25) is 5.91 Å². The first kappa shape index (κ1) is 14.0. The van der Waals surface area contributed by atoms with Crippen molar-refractivity contribution >= 4 is 17.6 Å². The van der Waals surface area contributed by atoms with Crippen molar-refractivity contribution in [1.82, 2.24) is 0 Å². The van der Waals surface area contributed by atoms with Crippen LogP contribution < -0.4 is 15.8 Å². The van der Waals surface area contributed by atoms with Crippen molar-refractivity contribution in [2.24, 2.45) is 5.73 Å². The zero-order chi connectivity index (χ0) is 13.7. The molecule has 0 saturated carbocycles. The van der Waals surface area contributed by atoms with Gasteiger partial charge in [-0.25, -0.2) is 4.79 Å². The van der Waals surface area contributed by atoms with Crippen LogP contribution in [0.3, 0.4) is 0 Å². The number of methoxy groups -OCH3 is 1. The third-order valence-electron chi connectivity index (χ3n) is 2.22. The fraction of sp³-hybridized carbons (Fsp3) is 0.333. The Morgan fingerprint density at radius 1 is 1.50 bits per heavy atom. The van der Waals surface area contributed by atoms with Crippen LogP contribution in [0.25, 0.3) is 0 Å². The molecule has 18 heavy (non-hydrogen) atoms. The van der Waals surface area contributed by atoms with Gasteiger partial charge in [0, 0.05) is 24.2 Å². The van der Waals surface area contributed by atoms with Gasteiger partial charge in [0.25, 0.3) is 0 Å². The van der Waals surface area contributed by atoms with Crippen LogP contribution in [0.4, 0.5) is 5.69 Å². The Kier molecular flexibility index (Phi) is 4.67. The number of nitrogens with two attached hydrogens (primary N) is 1. The normalized spacial score (nSPS) is 11.7. The predicted octanol–water partition coefficient (Wildman–Crippen LogP) is 1.07. The Balaban J connectivity index is 2.86. The second kappa shape index (κ2) is 6.02. The molecule has 1 unspecified atom stereocenters. The van der Waals surface area contributed by atoms with Gasteiger partial charge in [0.1, 0.15) is 11.3 Å². The molecule has 98 valence electrons. The van der Waals surface area contributed by atoms with E-state index < -0.39 is 5.97 Å². The van der Waals surface area contributed by atoms with E-state index in [9.17, 15) is 9.59 Å². The molecular formula is C12H16N2O4. The Morgan fingerprint density at radius 2 is 2.17 bits per heavy atom. The molecule has 1 atom stereocenters. The van der Waals surface area contributed by atoms with Gasteiger partial charge in [0.05, 0.1) is 7.11 Å². The number of anilines is 1. The number of hydrogen-bond donors (Lipinski definition) is 3. The number of carboxylic acid groups (broad SMARTS) is 1. The number of benzene rings is 1. The summed E-state index contributed by atoms with van der Waals surface area (Å²) in [6, 6.07) is 4.11. The fourth-order valence-electron chi connectivity index (χ4n) is 1.45. The van der Waals surface area contributed by atoms with Crippen LogP contribution in [0, 0.1) is 0 Å². The molecule has 0 fully saturated rings. The quantitative estimate of drug-likeness (QED) is 0.727. The number of amides is 1. The van der Waals surface area contributed by atoms with Gasteiger partial charge >= 0.3 is 5.97 Å². The topological polar surface area (TPSA) is 102 Å². The molecule has 0 saturated heterocycles. The minimum atomic E-state index is -1.08. The van der Waals surface area contributed by atoms with Gasteiger partial charge in [-0.2, -0.15) is 0 Å². The lowest BCUT2D eigenvalue weighted by Gasteiger charge is -2.10. The van der Waals surface area contributed by atoms with Gasteiger partial charge in [-0.15, -0.1) is 0 Å². The minimum absolute atomic E-state index is 0.0442. The van der Waals surface area contributed by atoms with Crippen molar-refractivity contribution in [1.29, 1.82) is 0 Å². The zero-order valence-corrected chi connectivity index (χ0v) is 10.3. The average molecular weight is 252 g/mol. The molecular weight excluding hydrogens is 236 g/mol. The third kappa shape index (κ3) is 3.74. The number of aromatic carboxylic acids is 1. The van der Waals surface area contributed by atoms with Crippen LogP contribution in [0.5, 0.6) is 5.75 Å². The number of ether oxygens (including phenoxy) is 1. The van der Waals surface area contributed by atoms with Gasteiger partial charge in [-0.05, 0) is 19.1 Å². The molecule has 0 aliphatic rings. The lowest BCUT2D eigenvalue weighted by Crippen LogP contribution is -2.24. The number of carbonyl (C=O) groups is 2. The Hall–Kier alpha value is -2.08. The SMILES string of the molecule is COc1cc(NC(=O)CC(C)N)ccc1C(=O)O. The monoisotopic (exact) mass is 252 g/mol. The van der Waals surface area contributed by atoms with Gasteiger partial charge < -0.3 is 20.9 Å². The van der Waals surface area contributed by atoms with Crippen LogP contribution in [0.1, 0.15) is 23.7 Å². The first-order chi connectivity index (χ1) is 8.43. The summed E-state index contributed by atoms with van der Waals surface area (Å²) in [4.78, 5) is 22.4. The summed E-state index contributed by atoms with van der Waals surface area (Å²) in [6.07, 6.45) is 0.197. The predicted molar refractivity (Wildman–Crippen MR) is 66.8 cm³/mol. The van der Waals surface area contributed by atoms with E-state index in [0.717, 1.165) is 0 Å². The van der Waals surface area contributed by atoms with E-state index in [4.69, 9.17) is 15.6 Å². The first-order valence-electron chi connectivity index (χ1n) is 5.40. The number of carbonyl (C=O) groups excluding carboxylic acids is 1. The summed E-state index contributed by atoms with van der Waals surface area (Å²) in [7, 11) is 1.37. The molecule has 0 radical (unpaired) electrons. The number of rotatable bonds is 5. The summed E-state index contributed by atoms with van der Waals surface area (Å²) >= 11 is 0. The molecule has 0 bridgehead atoms. The molecule has 0 spiro atoms. The number of carboxylic acids is 1. The molecule has 1 amide bonds. The maximum atomic E-state index is 11.5. The van der Waals surface area contributed by atoms with Crippen molar-refractivity contribution in [3.63, 3.8) is 0 Å². The summed E-state index contributed by atoms with van der Waals surface area (Å²) < 4.78 is 4.95. The van der Waals surface area contributed by atoms with E-state index in [-0.39, 0.29) is 29.7 Å². The van der Waals surface area contributed by atoms with Crippen LogP contribution in [0.15, 0.2) is 18.2 Å². The molecule has 0 aromatic heterocycles. The number of hydrogen-bond acceptors (Lipinski definition) is 4. The maximum absolute atomic E-state index is 11.5. The summed E-state index contributed by atoms with van der Waals surface area (Å²) in [5, 5.41) is 11.5. The molecule has 1 aromatic rings. The molecule has 0 aliphatic heterocycles. The first-order valence-corrected chi connectivity index (χ1v) is 5.40. The second-order valence-electron chi connectivity index (χ2n) is 3.95. The van der Waals surface area contributed by atoms with Crippen molar-refractivity contribution in [3.8, 4) is 5.75 Å². The van der Waals surface area contributed by atoms with E-state index in [1.165, 1.54) is 25.3 Å². The van der Waals surface area contributed by atoms with Crippen LogP contribution in [0.2, 0.25) is 0 Å². The van der Waals surface area contributed by atoms with Gasteiger partial charge in [-0.3, -0.25) is 4.79 Å². The Labute approximate surface area is 105 Å². The maximum Gasteiger partial charge on any atom is 0.339 e. The molecule has 1 rings (SSSR count). The summed E-state index contributed by atoms with van der Waals surface area (Å²) in [5.74, 6) is -1.11. The van der Waals surface area contributed by atoms with Crippen molar-refractivity contribution < 1.29 is 19.4 Å². The second-order valence-corrected chi connectivity index (χ2v) is 3.95. The molecule has 1 aromatic carbocycles. The lowest BCUT2D eigenvalue weighted by molar-refractivity contribution is -0.116. The summed E-state index contributed by atoms with van der Waals surface area (Å²) in [5.41, 5.74) is 6.02. The third-order valence-corrected chi connectivity index (χ3v) is 2.22. The average Bonchev–Trinajstić information content (AvgIpc) is 2.27. The molecule has 0 heterocycles. The van der Waals surface area contributed by atoms with Crippen molar-refractivity contribution in [2.75, 3.05) is 12.4 Å². The minimum Gasteiger partial charge on any atom is -0.496 e. The van der Waals surface area contributed by atoms with Gasteiger partial charge in [-0.1, -0.05) is 0 Å². The molecule has 6 nitrogen and oxygen atoms in total. The van der Waals surface area contributed by atoms with E-state index in [1.54, 1.807) is 6.92 Å². The van der Waals surface area contributed by atoms with E-state index in [2.05, 4.69) is 5.32 Å². The number of nitrogens with one attached hydrogen (secondary N) is 1. The van der Waals surface area contributed by atoms with E-state index in [0.29, 0.717) is 5.69 Å². The van der Waals surface area contributed by atoms with Crippen LogP contribution in [-0.2, 0) is 4.79 Å². The van der Waals surface area contributed by atoms with Crippen molar-refractivity contribution in [3.05, 3.63) is 23.8 Å². The van der Waals surface area contributed by atoms with Gasteiger partial charge in [0.15, 0.2) is 0 Å². The zero-order valence-electron chi connectivity index (χ0n) is 10.3. The highest BCUT2D eigenvalue weighted by Gasteiger charge is 2.12. The largest absolute Gasteiger partial charge is 0.496 e. The molecule has 6 heteroatoms. The van der Waals surface area contributed by atoms with E-state index in [1.807, 2.05) is 0 Å². The molecule has 0 aliphatic carbocycles. The lowest BCUT2D eigenvalue weighted by atomic mass is 10.1. The van der Waals surface area contributed by atoms with Crippen molar-refractivity contribution in [2.45, 2.75) is 19.4 Å². The van der Waals surface area contributed by atoms with E-state index >= 15 is 0 Å². The smallest absolute Gasteiger partial charge is 0.339 e. The molecule has 4 N–H and O–H groups in total. The highest BCUT2D eigenvalue weighted by molar-refractivity contribution is 5.94. The van der Waals surface area contributed by atoms with Crippen LogP contribution >= 0.6 is 0 Å². The summed E-state index contributed by atoms with van der Waals surface area (Å²) in [6.45, 7) is 1.73. The fourth-order valence-corrected chi connectivity index (χ4v) is 1.45.